The van der Waals surface area contributed by atoms with Crippen LogP contribution in [0.2, 0.25) is 0 Å². The van der Waals surface area contributed by atoms with E-state index in [-0.39, 0.29) is 0 Å². The average Bonchev–Trinajstić information content (AvgIpc) is 2.87. The van der Waals surface area contributed by atoms with Gasteiger partial charge in [0.25, 0.3) is 0 Å². The summed E-state index contributed by atoms with van der Waals surface area (Å²) in [4.78, 5) is 1.39. The molecule has 1 unspecified atom stereocenters. The Morgan fingerprint density at radius 3 is 2.37 bits per heavy atom. The highest BCUT2D eigenvalue weighted by atomic mass is 32.1. The summed E-state index contributed by atoms with van der Waals surface area (Å²) in [5, 5.41) is 5.77. The minimum absolute atomic E-state index is 0.485. The second kappa shape index (κ2) is 6.88. The van der Waals surface area contributed by atoms with E-state index < -0.39 is 0 Å². The SMILES string of the molecule is CCCNC(CC)c1ccc(-c2sccc2C)cc1. The molecule has 1 nitrogen and oxygen atoms in total. The van der Waals surface area contributed by atoms with Gasteiger partial charge in [-0.1, -0.05) is 38.1 Å². The summed E-state index contributed by atoms with van der Waals surface area (Å²) in [6.07, 6.45) is 2.32. The summed E-state index contributed by atoms with van der Waals surface area (Å²) in [6, 6.07) is 11.7. The molecule has 0 aliphatic heterocycles. The maximum atomic E-state index is 3.60. The third-order valence-corrected chi connectivity index (χ3v) is 4.55. The van der Waals surface area contributed by atoms with Gasteiger partial charge in [0.15, 0.2) is 0 Å². The van der Waals surface area contributed by atoms with E-state index in [4.69, 9.17) is 0 Å². The van der Waals surface area contributed by atoms with Crippen LogP contribution in [0.4, 0.5) is 0 Å². The summed E-state index contributed by atoms with van der Waals surface area (Å²) >= 11 is 1.82. The van der Waals surface area contributed by atoms with E-state index in [0.29, 0.717) is 6.04 Å². The van der Waals surface area contributed by atoms with Gasteiger partial charge >= 0.3 is 0 Å². The summed E-state index contributed by atoms with van der Waals surface area (Å²) in [5.41, 5.74) is 4.10. The summed E-state index contributed by atoms with van der Waals surface area (Å²) in [6.45, 7) is 7.72. The first-order valence-corrected chi connectivity index (χ1v) is 8.02. The van der Waals surface area contributed by atoms with Crippen molar-refractivity contribution in [3.63, 3.8) is 0 Å². The standard InChI is InChI=1S/C17H23NS/c1-4-11-18-16(5-2)14-6-8-15(9-7-14)17-13(3)10-12-19-17/h6-10,12,16,18H,4-5,11H2,1-3H3. The molecule has 0 bridgehead atoms. The molecule has 1 aromatic heterocycles. The van der Waals surface area contributed by atoms with Crippen LogP contribution in [0.15, 0.2) is 35.7 Å². The van der Waals surface area contributed by atoms with Crippen LogP contribution in [-0.2, 0) is 0 Å². The number of hydrogen-bond donors (Lipinski definition) is 1. The largest absolute Gasteiger partial charge is 0.310 e. The smallest absolute Gasteiger partial charge is 0.0371 e. The lowest BCUT2D eigenvalue weighted by molar-refractivity contribution is 0.518. The molecule has 19 heavy (non-hydrogen) atoms. The molecule has 0 saturated carbocycles. The Bertz CT molecular complexity index is 498. The van der Waals surface area contributed by atoms with Gasteiger partial charge in [0.2, 0.25) is 0 Å². The normalized spacial score (nSPS) is 12.6. The van der Waals surface area contributed by atoms with E-state index in [1.54, 1.807) is 0 Å². The summed E-state index contributed by atoms with van der Waals surface area (Å²) < 4.78 is 0. The van der Waals surface area contributed by atoms with Crippen LogP contribution in [0.25, 0.3) is 10.4 Å². The Kier molecular flexibility index (Phi) is 5.17. The highest BCUT2D eigenvalue weighted by Gasteiger charge is 2.09. The Balaban J connectivity index is 2.15. The zero-order valence-corrected chi connectivity index (χ0v) is 12.9. The van der Waals surface area contributed by atoms with Gasteiger partial charge in [0, 0.05) is 10.9 Å². The van der Waals surface area contributed by atoms with Crippen molar-refractivity contribution in [2.45, 2.75) is 39.7 Å². The van der Waals surface area contributed by atoms with Crippen LogP contribution in [0.3, 0.4) is 0 Å². The van der Waals surface area contributed by atoms with E-state index in [1.165, 1.54) is 28.0 Å². The van der Waals surface area contributed by atoms with Crippen LogP contribution < -0.4 is 5.32 Å². The van der Waals surface area contributed by atoms with Crippen molar-refractivity contribution in [3.8, 4) is 10.4 Å². The molecule has 2 aromatic rings. The molecule has 1 aromatic carbocycles. The van der Waals surface area contributed by atoms with Gasteiger partial charge in [0.1, 0.15) is 0 Å². The zero-order valence-electron chi connectivity index (χ0n) is 12.1. The highest BCUT2D eigenvalue weighted by Crippen LogP contribution is 2.30. The van der Waals surface area contributed by atoms with Crippen molar-refractivity contribution in [2.75, 3.05) is 6.54 Å². The first-order valence-electron chi connectivity index (χ1n) is 7.14. The van der Waals surface area contributed by atoms with Gasteiger partial charge in [-0.05, 0) is 54.4 Å². The molecule has 0 spiro atoms. The van der Waals surface area contributed by atoms with Crippen LogP contribution >= 0.6 is 11.3 Å². The number of thiophene rings is 1. The molecule has 1 heterocycles. The monoisotopic (exact) mass is 273 g/mol. The number of aryl methyl sites for hydroxylation is 1. The quantitative estimate of drug-likeness (QED) is 0.765. The van der Waals surface area contributed by atoms with Crippen molar-refractivity contribution in [2.24, 2.45) is 0 Å². The topological polar surface area (TPSA) is 12.0 Å². The lowest BCUT2D eigenvalue weighted by Gasteiger charge is -2.17. The number of nitrogens with one attached hydrogen (secondary N) is 1. The van der Waals surface area contributed by atoms with Gasteiger partial charge < -0.3 is 5.32 Å². The molecule has 102 valence electrons. The van der Waals surface area contributed by atoms with E-state index in [1.807, 2.05) is 11.3 Å². The summed E-state index contributed by atoms with van der Waals surface area (Å²) in [5.74, 6) is 0. The first kappa shape index (κ1) is 14.3. The van der Waals surface area contributed by atoms with E-state index >= 15 is 0 Å². The molecule has 2 rings (SSSR count). The Morgan fingerprint density at radius 1 is 1.11 bits per heavy atom. The van der Waals surface area contributed by atoms with Crippen molar-refractivity contribution >= 4 is 11.3 Å². The van der Waals surface area contributed by atoms with Gasteiger partial charge in [-0.2, -0.15) is 0 Å². The van der Waals surface area contributed by atoms with E-state index in [2.05, 4.69) is 61.8 Å². The lowest BCUT2D eigenvalue weighted by atomic mass is 10.0. The molecule has 2 heteroatoms. The van der Waals surface area contributed by atoms with E-state index in [0.717, 1.165) is 13.0 Å². The molecule has 0 aliphatic carbocycles. The fourth-order valence-electron chi connectivity index (χ4n) is 2.35. The van der Waals surface area contributed by atoms with Crippen molar-refractivity contribution in [1.82, 2.24) is 5.32 Å². The van der Waals surface area contributed by atoms with Crippen LogP contribution in [0, 0.1) is 6.92 Å². The lowest BCUT2D eigenvalue weighted by Crippen LogP contribution is -2.21. The molecule has 0 saturated heterocycles. The maximum absolute atomic E-state index is 3.60. The number of rotatable bonds is 6. The van der Waals surface area contributed by atoms with E-state index in [9.17, 15) is 0 Å². The second-order valence-corrected chi connectivity index (χ2v) is 5.89. The number of benzene rings is 1. The predicted molar refractivity (Wildman–Crippen MR) is 85.8 cm³/mol. The van der Waals surface area contributed by atoms with Crippen molar-refractivity contribution in [1.29, 1.82) is 0 Å². The van der Waals surface area contributed by atoms with Crippen LogP contribution in [-0.4, -0.2) is 6.54 Å². The molecule has 0 aliphatic rings. The highest BCUT2D eigenvalue weighted by molar-refractivity contribution is 7.13. The molecule has 1 N–H and O–H groups in total. The fraction of sp³-hybridized carbons (Fsp3) is 0.412. The molecular weight excluding hydrogens is 250 g/mol. The molecule has 0 fully saturated rings. The third kappa shape index (κ3) is 3.46. The Hall–Kier alpha value is -1.12. The van der Waals surface area contributed by atoms with Gasteiger partial charge in [-0.3, -0.25) is 0 Å². The molecular formula is C17H23NS. The molecule has 0 amide bonds. The second-order valence-electron chi connectivity index (χ2n) is 4.97. The Labute approximate surface area is 120 Å². The zero-order chi connectivity index (χ0) is 13.7. The van der Waals surface area contributed by atoms with Gasteiger partial charge in [0.05, 0.1) is 0 Å². The maximum Gasteiger partial charge on any atom is 0.0371 e. The number of hydrogen-bond acceptors (Lipinski definition) is 2. The van der Waals surface area contributed by atoms with Gasteiger partial charge in [-0.15, -0.1) is 11.3 Å². The molecule has 0 radical (unpaired) electrons. The third-order valence-electron chi connectivity index (χ3n) is 3.49. The van der Waals surface area contributed by atoms with Crippen molar-refractivity contribution < 1.29 is 0 Å². The first-order chi connectivity index (χ1) is 9.26. The minimum Gasteiger partial charge on any atom is -0.310 e. The van der Waals surface area contributed by atoms with Crippen LogP contribution in [0.1, 0.15) is 43.9 Å². The van der Waals surface area contributed by atoms with Crippen molar-refractivity contribution in [3.05, 3.63) is 46.8 Å². The minimum atomic E-state index is 0.485. The average molecular weight is 273 g/mol. The van der Waals surface area contributed by atoms with Crippen LogP contribution in [0.5, 0.6) is 0 Å². The predicted octanol–water partition coefficient (Wildman–Crippen LogP) is 5.17. The van der Waals surface area contributed by atoms with Gasteiger partial charge in [-0.25, -0.2) is 0 Å². The summed E-state index contributed by atoms with van der Waals surface area (Å²) in [7, 11) is 0. The molecule has 1 atom stereocenters. The Morgan fingerprint density at radius 2 is 1.84 bits per heavy atom. The fourth-order valence-corrected chi connectivity index (χ4v) is 3.29.